The Labute approximate surface area is 147 Å². The minimum Gasteiger partial charge on any atom is -0.367 e. The summed E-state index contributed by atoms with van der Waals surface area (Å²) in [7, 11) is 2.15. The lowest BCUT2D eigenvalue weighted by Gasteiger charge is -2.34. The second-order valence-electron chi connectivity index (χ2n) is 6.61. The number of rotatable bonds is 2. The highest BCUT2D eigenvalue weighted by Crippen LogP contribution is 2.24. The van der Waals surface area contributed by atoms with Gasteiger partial charge in [-0.25, -0.2) is 15.0 Å². The van der Waals surface area contributed by atoms with Crippen LogP contribution in [0.15, 0.2) is 24.5 Å². The van der Waals surface area contributed by atoms with Crippen LogP contribution in [0, 0.1) is 11.3 Å². The Kier molecular flexibility index (Phi) is 4.20. The smallest absolute Gasteiger partial charge is 0.225 e. The van der Waals surface area contributed by atoms with Crippen LogP contribution in [-0.4, -0.2) is 59.6 Å². The first-order chi connectivity index (χ1) is 12.2. The van der Waals surface area contributed by atoms with Gasteiger partial charge in [0, 0.05) is 69.3 Å². The van der Waals surface area contributed by atoms with E-state index < -0.39 is 0 Å². The fourth-order valence-corrected chi connectivity index (χ4v) is 3.36. The molecule has 25 heavy (non-hydrogen) atoms. The number of piperazine rings is 1. The summed E-state index contributed by atoms with van der Waals surface area (Å²) in [5.74, 6) is 0.857. The number of nitriles is 1. The second-order valence-corrected chi connectivity index (χ2v) is 6.61. The summed E-state index contributed by atoms with van der Waals surface area (Å²) >= 11 is 0. The SMILES string of the molecule is CN1CCN(c2ncc3c(n2)CCN(c2ccnc(C#N)c2)C3)CC1. The molecule has 2 aromatic rings. The molecule has 0 saturated carbocycles. The van der Waals surface area contributed by atoms with Crippen LogP contribution in [0.2, 0.25) is 0 Å². The predicted octanol–water partition coefficient (Wildman–Crippen LogP) is 1.06. The van der Waals surface area contributed by atoms with Gasteiger partial charge in [-0.05, 0) is 19.2 Å². The molecule has 0 unspecified atom stereocenters. The standard InChI is InChI=1S/C18H21N7/c1-23-6-8-24(9-7-23)18-21-12-14-13-25(5-3-17(14)22-18)16-2-4-20-15(10-16)11-19/h2,4,10,12H,3,5-9,13H2,1H3. The summed E-state index contributed by atoms with van der Waals surface area (Å²) in [6.45, 7) is 5.73. The van der Waals surface area contributed by atoms with Crippen LogP contribution in [0.5, 0.6) is 0 Å². The third-order valence-electron chi connectivity index (χ3n) is 4.93. The highest BCUT2D eigenvalue weighted by atomic mass is 15.3. The number of pyridine rings is 1. The third kappa shape index (κ3) is 3.26. The van der Waals surface area contributed by atoms with Crippen LogP contribution in [0.1, 0.15) is 17.0 Å². The molecule has 7 nitrogen and oxygen atoms in total. The van der Waals surface area contributed by atoms with Gasteiger partial charge in [-0.15, -0.1) is 0 Å². The third-order valence-corrected chi connectivity index (χ3v) is 4.93. The van der Waals surface area contributed by atoms with Crippen molar-refractivity contribution in [3.8, 4) is 6.07 Å². The molecule has 0 bridgehead atoms. The first kappa shape index (κ1) is 15.8. The molecule has 0 amide bonds. The molecule has 4 heterocycles. The van der Waals surface area contributed by atoms with Crippen molar-refractivity contribution in [1.29, 1.82) is 5.26 Å². The lowest BCUT2D eigenvalue weighted by Crippen LogP contribution is -2.45. The number of hydrogen-bond donors (Lipinski definition) is 0. The number of likely N-dealkylation sites (N-methyl/N-ethyl adjacent to an activating group) is 1. The van der Waals surface area contributed by atoms with Crippen molar-refractivity contribution in [2.75, 3.05) is 49.6 Å². The topological polar surface area (TPSA) is 72.2 Å². The molecule has 2 aromatic heterocycles. The van der Waals surface area contributed by atoms with E-state index in [2.05, 4.69) is 37.8 Å². The lowest BCUT2D eigenvalue weighted by atomic mass is 10.1. The van der Waals surface area contributed by atoms with Crippen molar-refractivity contribution >= 4 is 11.6 Å². The first-order valence-electron chi connectivity index (χ1n) is 8.62. The molecule has 0 aliphatic carbocycles. The monoisotopic (exact) mass is 335 g/mol. The molecular weight excluding hydrogens is 314 g/mol. The number of anilines is 2. The van der Waals surface area contributed by atoms with E-state index in [0.29, 0.717) is 5.69 Å². The predicted molar refractivity (Wildman–Crippen MR) is 95.4 cm³/mol. The van der Waals surface area contributed by atoms with E-state index in [-0.39, 0.29) is 0 Å². The minimum atomic E-state index is 0.449. The van der Waals surface area contributed by atoms with E-state index in [1.165, 1.54) is 5.56 Å². The van der Waals surface area contributed by atoms with Gasteiger partial charge in [0.1, 0.15) is 11.8 Å². The van der Waals surface area contributed by atoms with Crippen LogP contribution in [0.4, 0.5) is 11.6 Å². The second kappa shape index (κ2) is 6.65. The van der Waals surface area contributed by atoms with E-state index >= 15 is 0 Å². The Balaban J connectivity index is 1.51. The molecule has 128 valence electrons. The summed E-state index contributed by atoms with van der Waals surface area (Å²) in [6.07, 6.45) is 4.55. The van der Waals surface area contributed by atoms with Gasteiger partial charge >= 0.3 is 0 Å². The van der Waals surface area contributed by atoms with Gasteiger partial charge in [0.25, 0.3) is 0 Å². The van der Waals surface area contributed by atoms with E-state index in [1.54, 1.807) is 6.20 Å². The fourth-order valence-electron chi connectivity index (χ4n) is 3.36. The average Bonchev–Trinajstić information content (AvgIpc) is 2.68. The van der Waals surface area contributed by atoms with Crippen molar-refractivity contribution in [3.63, 3.8) is 0 Å². The number of nitrogens with zero attached hydrogens (tertiary/aromatic N) is 7. The molecule has 0 aromatic carbocycles. The van der Waals surface area contributed by atoms with Gasteiger partial charge in [0.05, 0.1) is 5.69 Å². The molecule has 0 atom stereocenters. The van der Waals surface area contributed by atoms with Gasteiger partial charge in [-0.1, -0.05) is 0 Å². The maximum Gasteiger partial charge on any atom is 0.225 e. The van der Waals surface area contributed by atoms with Crippen molar-refractivity contribution < 1.29 is 0 Å². The molecule has 2 aliphatic heterocycles. The van der Waals surface area contributed by atoms with Crippen molar-refractivity contribution in [2.24, 2.45) is 0 Å². The summed E-state index contributed by atoms with van der Waals surface area (Å²) in [6, 6.07) is 5.89. The largest absolute Gasteiger partial charge is 0.367 e. The van der Waals surface area contributed by atoms with Crippen LogP contribution in [0.25, 0.3) is 0 Å². The molecule has 4 rings (SSSR count). The minimum absolute atomic E-state index is 0.449. The number of aromatic nitrogens is 3. The Morgan fingerprint density at radius 1 is 1.08 bits per heavy atom. The summed E-state index contributed by atoms with van der Waals surface area (Å²) in [4.78, 5) is 20.3. The zero-order valence-electron chi connectivity index (χ0n) is 14.4. The summed E-state index contributed by atoms with van der Waals surface area (Å²) in [5, 5.41) is 9.03. The van der Waals surface area contributed by atoms with Crippen LogP contribution >= 0.6 is 0 Å². The van der Waals surface area contributed by atoms with Crippen molar-refractivity contribution in [2.45, 2.75) is 13.0 Å². The molecule has 2 aliphatic rings. The van der Waals surface area contributed by atoms with Crippen molar-refractivity contribution in [1.82, 2.24) is 19.9 Å². The van der Waals surface area contributed by atoms with Gasteiger partial charge in [0.15, 0.2) is 0 Å². The molecule has 1 fully saturated rings. The highest BCUT2D eigenvalue weighted by Gasteiger charge is 2.22. The molecule has 0 radical (unpaired) electrons. The number of hydrogen-bond acceptors (Lipinski definition) is 7. The first-order valence-corrected chi connectivity index (χ1v) is 8.62. The van der Waals surface area contributed by atoms with Crippen molar-refractivity contribution in [3.05, 3.63) is 41.5 Å². The summed E-state index contributed by atoms with van der Waals surface area (Å²) < 4.78 is 0. The summed E-state index contributed by atoms with van der Waals surface area (Å²) in [5.41, 5.74) is 3.79. The molecule has 0 spiro atoms. The number of fused-ring (bicyclic) bond motifs is 1. The molecule has 0 N–H and O–H groups in total. The zero-order valence-corrected chi connectivity index (χ0v) is 14.4. The maximum atomic E-state index is 9.03. The Hall–Kier alpha value is -2.72. The van der Waals surface area contributed by atoms with E-state index in [1.807, 2.05) is 18.3 Å². The van der Waals surface area contributed by atoms with E-state index in [9.17, 15) is 0 Å². The van der Waals surface area contributed by atoms with Gasteiger partial charge in [0.2, 0.25) is 5.95 Å². The Morgan fingerprint density at radius 3 is 2.72 bits per heavy atom. The van der Waals surface area contributed by atoms with Gasteiger partial charge in [-0.3, -0.25) is 0 Å². The zero-order chi connectivity index (χ0) is 17.2. The maximum absolute atomic E-state index is 9.03. The van der Waals surface area contributed by atoms with Crippen LogP contribution < -0.4 is 9.80 Å². The Bertz CT molecular complexity index is 805. The van der Waals surface area contributed by atoms with Crippen LogP contribution in [0.3, 0.4) is 0 Å². The quantitative estimate of drug-likeness (QED) is 0.812. The van der Waals surface area contributed by atoms with Gasteiger partial charge < -0.3 is 14.7 Å². The van der Waals surface area contributed by atoms with Crippen LogP contribution in [-0.2, 0) is 13.0 Å². The fraction of sp³-hybridized carbons (Fsp3) is 0.444. The molecule has 1 saturated heterocycles. The van der Waals surface area contributed by atoms with E-state index in [4.69, 9.17) is 10.2 Å². The lowest BCUT2D eigenvalue weighted by molar-refractivity contribution is 0.311. The molecular formula is C18H21N7. The van der Waals surface area contributed by atoms with Gasteiger partial charge in [-0.2, -0.15) is 5.26 Å². The molecule has 7 heteroatoms. The normalized spacial score (nSPS) is 17.9. The average molecular weight is 335 g/mol. The highest BCUT2D eigenvalue weighted by molar-refractivity contribution is 5.51. The van der Waals surface area contributed by atoms with E-state index in [0.717, 1.165) is 63.0 Å². The Morgan fingerprint density at radius 2 is 1.92 bits per heavy atom.